The van der Waals surface area contributed by atoms with Crippen LogP contribution < -0.4 is 14.4 Å². The van der Waals surface area contributed by atoms with Gasteiger partial charge in [-0.05, 0) is 111 Å². The van der Waals surface area contributed by atoms with Crippen LogP contribution >= 0.6 is 0 Å². The number of carboxylic acid groups (broad SMARTS) is 1. The van der Waals surface area contributed by atoms with Crippen LogP contribution in [-0.4, -0.2) is 54.7 Å². The molecule has 216 valence electrons. The number of amides is 1. The second-order valence-electron chi connectivity index (χ2n) is 10.9. The van der Waals surface area contributed by atoms with E-state index in [9.17, 15) is 19.1 Å². The van der Waals surface area contributed by atoms with E-state index >= 15 is 0 Å². The lowest BCUT2D eigenvalue weighted by Crippen LogP contribution is -2.51. The van der Waals surface area contributed by atoms with Crippen molar-refractivity contribution in [2.75, 3.05) is 37.7 Å². The average Bonchev–Trinajstić information content (AvgIpc) is 2.97. The summed E-state index contributed by atoms with van der Waals surface area (Å²) in [7, 11) is 0. The zero-order chi connectivity index (χ0) is 29.0. The van der Waals surface area contributed by atoms with E-state index in [0.29, 0.717) is 26.2 Å². The first kappa shape index (κ1) is 28.6. The van der Waals surface area contributed by atoms with E-state index in [-0.39, 0.29) is 22.7 Å². The smallest absolute Gasteiger partial charge is 0.335 e. The van der Waals surface area contributed by atoms with Crippen LogP contribution in [0.5, 0.6) is 11.5 Å². The van der Waals surface area contributed by atoms with Crippen molar-refractivity contribution >= 4 is 17.6 Å². The first-order valence-electron chi connectivity index (χ1n) is 14.4. The highest BCUT2D eigenvalue weighted by Gasteiger charge is 2.41. The quantitative estimate of drug-likeness (QED) is 0.326. The Balaban J connectivity index is 1.30. The van der Waals surface area contributed by atoms with Crippen molar-refractivity contribution in [2.24, 2.45) is 5.41 Å². The van der Waals surface area contributed by atoms with E-state index in [0.717, 1.165) is 72.8 Å². The number of likely N-dealkylation sites (tertiary alicyclic amines) is 1. The number of carboxylic acids is 1. The molecular formula is C33H37FN2O5. The average molecular weight is 561 g/mol. The van der Waals surface area contributed by atoms with Crippen LogP contribution in [-0.2, 0) is 11.3 Å². The number of anilines is 1. The van der Waals surface area contributed by atoms with E-state index in [1.54, 1.807) is 36.4 Å². The van der Waals surface area contributed by atoms with E-state index < -0.39 is 5.97 Å². The number of hydrogen-bond donors (Lipinski definition) is 1. The fourth-order valence-electron chi connectivity index (χ4n) is 6.06. The Labute approximate surface area is 240 Å². The summed E-state index contributed by atoms with van der Waals surface area (Å²) in [6.07, 6.45) is 3.34. The second kappa shape index (κ2) is 12.3. The molecule has 2 aliphatic heterocycles. The number of aromatic carboxylic acids is 1. The lowest BCUT2D eigenvalue weighted by molar-refractivity contribution is -0.122. The number of ether oxygens (including phenoxy) is 2. The molecule has 8 heteroatoms. The minimum absolute atomic E-state index is 0.0509. The van der Waals surface area contributed by atoms with Crippen LogP contribution in [0.3, 0.4) is 0 Å². The van der Waals surface area contributed by atoms with Gasteiger partial charge in [-0.2, -0.15) is 0 Å². The highest BCUT2D eigenvalue weighted by molar-refractivity contribution is 5.95. The summed E-state index contributed by atoms with van der Waals surface area (Å²) in [6.45, 7) is 8.13. The van der Waals surface area contributed by atoms with Crippen LogP contribution in [0.15, 0.2) is 60.7 Å². The third-order valence-corrected chi connectivity index (χ3v) is 8.27. The Bertz CT molecular complexity index is 1350. The van der Waals surface area contributed by atoms with Gasteiger partial charge in [-0.3, -0.25) is 9.69 Å². The summed E-state index contributed by atoms with van der Waals surface area (Å²) in [5.41, 5.74) is 3.80. The highest BCUT2D eigenvalue weighted by Crippen LogP contribution is 2.43. The van der Waals surface area contributed by atoms with Crippen molar-refractivity contribution in [3.8, 4) is 22.6 Å². The largest absolute Gasteiger partial charge is 0.493 e. The standard InChI is InChI=1S/C33H37FN2O5/c1-3-40-28-19-23(20-29(41-4-2)31(28)24-5-9-26(34)10-6-24)21-35-17-15-33(16-18-35)14-13-30(37)36(22-33)27-11-7-25(8-12-27)32(38)39/h5-12,19-20H,3-4,13-18,21-22H2,1-2H3,(H,38,39). The molecule has 2 saturated heterocycles. The number of halogens is 1. The summed E-state index contributed by atoms with van der Waals surface area (Å²) < 4.78 is 25.7. The molecule has 3 aromatic carbocycles. The van der Waals surface area contributed by atoms with Crippen molar-refractivity contribution < 1.29 is 28.6 Å². The molecule has 2 aliphatic rings. The number of hydrogen-bond acceptors (Lipinski definition) is 5. The first-order valence-corrected chi connectivity index (χ1v) is 14.4. The first-order chi connectivity index (χ1) is 19.8. The maximum Gasteiger partial charge on any atom is 0.335 e. The summed E-state index contributed by atoms with van der Waals surface area (Å²) >= 11 is 0. The Morgan fingerprint density at radius 1 is 0.927 bits per heavy atom. The van der Waals surface area contributed by atoms with Gasteiger partial charge in [0.05, 0.1) is 24.3 Å². The summed E-state index contributed by atoms with van der Waals surface area (Å²) in [5.74, 6) is 0.282. The maximum absolute atomic E-state index is 13.6. The normalized spacial score (nSPS) is 17.0. The molecule has 1 N–H and O–H groups in total. The van der Waals surface area contributed by atoms with Gasteiger partial charge < -0.3 is 19.5 Å². The highest BCUT2D eigenvalue weighted by atomic mass is 19.1. The molecule has 0 aromatic heterocycles. The Morgan fingerprint density at radius 2 is 1.54 bits per heavy atom. The molecular weight excluding hydrogens is 523 g/mol. The van der Waals surface area contributed by atoms with Gasteiger partial charge in [0.1, 0.15) is 17.3 Å². The second-order valence-corrected chi connectivity index (χ2v) is 10.9. The molecule has 2 heterocycles. The Kier molecular flexibility index (Phi) is 8.59. The molecule has 0 saturated carbocycles. The molecule has 1 amide bonds. The van der Waals surface area contributed by atoms with E-state index in [1.165, 1.54) is 12.1 Å². The minimum Gasteiger partial charge on any atom is -0.493 e. The van der Waals surface area contributed by atoms with Gasteiger partial charge in [-0.1, -0.05) is 12.1 Å². The van der Waals surface area contributed by atoms with Gasteiger partial charge in [0.15, 0.2) is 0 Å². The van der Waals surface area contributed by atoms with Crippen LogP contribution in [0.4, 0.5) is 10.1 Å². The number of piperidine rings is 2. The monoisotopic (exact) mass is 560 g/mol. The number of carbonyl (C=O) groups excluding carboxylic acids is 1. The molecule has 2 fully saturated rings. The predicted octanol–water partition coefficient (Wildman–Crippen LogP) is 6.40. The minimum atomic E-state index is -0.975. The molecule has 41 heavy (non-hydrogen) atoms. The van der Waals surface area contributed by atoms with Gasteiger partial charge in [0.25, 0.3) is 0 Å². The van der Waals surface area contributed by atoms with Gasteiger partial charge in [-0.15, -0.1) is 0 Å². The molecule has 0 bridgehead atoms. The molecule has 0 unspecified atom stereocenters. The predicted molar refractivity (Wildman–Crippen MR) is 156 cm³/mol. The number of nitrogens with zero attached hydrogens (tertiary/aromatic N) is 2. The number of rotatable bonds is 9. The third kappa shape index (κ3) is 6.38. The van der Waals surface area contributed by atoms with Gasteiger partial charge in [-0.25, -0.2) is 9.18 Å². The lowest BCUT2D eigenvalue weighted by atomic mass is 9.72. The van der Waals surface area contributed by atoms with Gasteiger partial charge in [0, 0.05) is 25.2 Å². The topological polar surface area (TPSA) is 79.3 Å². The molecule has 1 spiro atoms. The lowest BCUT2D eigenvalue weighted by Gasteiger charge is -2.47. The fraction of sp³-hybridized carbons (Fsp3) is 0.394. The Morgan fingerprint density at radius 3 is 2.10 bits per heavy atom. The molecule has 0 aliphatic carbocycles. The number of benzene rings is 3. The van der Waals surface area contributed by atoms with Crippen molar-refractivity contribution in [2.45, 2.75) is 46.1 Å². The van der Waals surface area contributed by atoms with Crippen LogP contribution in [0.25, 0.3) is 11.1 Å². The van der Waals surface area contributed by atoms with E-state index in [4.69, 9.17) is 9.47 Å². The van der Waals surface area contributed by atoms with Crippen molar-refractivity contribution in [3.05, 3.63) is 77.6 Å². The zero-order valence-corrected chi connectivity index (χ0v) is 23.7. The number of carbonyl (C=O) groups is 2. The van der Waals surface area contributed by atoms with E-state index in [1.807, 2.05) is 18.7 Å². The molecule has 0 atom stereocenters. The van der Waals surface area contributed by atoms with E-state index in [2.05, 4.69) is 17.0 Å². The molecule has 7 nitrogen and oxygen atoms in total. The summed E-state index contributed by atoms with van der Waals surface area (Å²) in [5, 5.41) is 9.21. The van der Waals surface area contributed by atoms with Gasteiger partial charge in [0.2, 0.25) is 5.91 Å². The molecule has 5 rings (SSSR count). The van der Waals surface area contributed by atoms with Crippen LogP contribution in [0.1, 0.15) is 55.5 Å². The summed E-state index contributed by atoms with van der Waals surface area (Å²) in [6, 6.07) is 17.1. The van der Waals surface area contributed by atoms with Crippen molar-refractivity contribution in [1.82, 2.24) is 4.90 Å². The fourth-order valence-corrected chi connectivity index (χ4v) is 6.06. The summed E-state index contributed by atoms with van der Waals surface area (Å²) in [4.78, 5) is 28.3. The van der Waals surface area contributed by atoms with Gasteiger partial charge >= 0.3 is 5.97 Å². The third-order valence-electron chi connectivity index (χ3n) is 8.27. The maximum atomic E-state index is 13.6. The SMILES string of the molecule is CCOc1cc(CN2CCC3(CCC(=O)N(c4ccc(C(=O)O)cc4)C3)CC2)cc(OCC)c1-c1ccc(F)cc1. The molecule has 0 radical (unpaired) electrons. The van der Waals surface area contributed by atoms with Crippen LogP contribution in [0, 0.1) is 11.2 Å². The molecule has 3 aromatic rings. The Hall–Kier alpha value is -3.91. The zero-order valence-electron chi connectivity index (χ0n) is 23.7. The van der Waals surface area contributed by atoms with Crippen molar-refractivity contribution in [1.29, 1.82) is 0 Å². The van der Waals surface area contributed by atoms with Crippen LogP contribution in [0.2, 0.25) is 0 Å². The van der Waals surface area contributed by atoms with Crippen molar-refractivity contribution in [3.63, 3.8) is 0 Å².